The van der Waals surface area contributed by atoms with Gasteiger partial charge in [0.15, 0.2) is 5.03 Å². The average molecular weight is 485 g/mol. The van der Waals surface area contributed by atoms with E-state index in [4.69, 9.17) is 10.8 Å². The van der Waals surface area contributed by atoms with Crippen molar-refractivity contribution in [1.82, 2.24) is 14.5 Å². The maximum absolute atomic E-state index is 13.2. The molecule has 0 spiro atoms. The summed E-state index contributed by atoms with van der Waals surface area (Å²) in [6.45, 7) is 0.320. The van der Waals surface area contributed by atoms with Gasteiger partial charge in [0.1, 0.15) is 11.9 Å². The second-order valence-electron chi connectivity index (χ2n) is 7.33. The number of hydrogen-bond donors (Lipinski definition) is 3. The predicted octanol–water partition coefficient (Wildman–Crippen LogP) is 0.704. The number of hydrogen-bond acceptors (Lipinski definition) is 8. The molecule has 0 bridgehead atoms. The van der Waals surface area contributed by atoms with Gasteiger partial charge in [0.2, 0.25) is 5.60 Å². The van der Waals surface area contributed by atoms with Crippen LogP contribution >= 0.6 is 0 Å². The molecule has 33 heavy (non-hydrogen) atoms. The SMILES string of the molecule is CC#CC1CN(S(=O)(=O)c2ccc(N)nn2)CCN1c1ccc(C(O)(CO)C(F)(F)F)cc1. The highest BCUT2D eigenvalue weighted by molar-refractivity contribution is 7.89. The van der Waals surface area contributed by atoms with Crippen LogP contribution in [-0.4, -0.2) is 71.6 Å². The number of nitrogen functional groups attached to an aromatic ring is 1. The third-order valence-electron chi connectivity index (χ3n) is 5.29. The summed E-state index contributed by atoms with van der Waals surface area (Å²) >= 11 is 0. The molecule has 4 N–H and O–H groups in total. The Bertz CT molecular complexity index is 1150. The lowest BCUT2D eigenvalue weighted by Crippen LogP contribution is -2.54. The molecule has 1 aromatic carbocycles. The van der Waals surface area contributed by atoms with Crippen LogP contribution in [0.3, 0.4) is 0 Å². The molecule has 9 nitrogen and oxygen atoms in total. The van der Waals surface area contributed by atoms with Crippen molar-refractivity contribution in [2.24, 2.45) is 0 Å². The van der Waals surface area contributed by atoms with Crippen LogP contribution in [0.5, 0.6) is 0 Å². The van der Waals surface area contributed by atoms with Gasteiger partial charge in [0, 0.05) is 25.3 Å². The van der Waals surface area contributed by atoms with Crippen molar-refractivity contribution in [2.45, 2.75) is 29.8 Å². The molecule has 1 saturated heterocycles. The first-order valence-electron chi connectivity index (χ1n) is 9.73. The fourth-order valence-corrected chi connectivity index (χ4v) is 4.76. The van der Waals surface area contributed by atoms with Gasteiger partial charge in [-0.05, 0) is 36.8 Å². The van der Waals surface area contributed by atoms with Crippen LogP contribution in [-0.2, 0) is 15.6 Å². The fraction of sp³-hybridized carbons (Fsp3) is 0.400. The number of nitrogens with two attached hydrogens (primary N) is 1. The van der Waals surface area contributed by atoms with Crippen molar-refractivity contribution in [3.05, 3.63) is 42.0 Å². The van der Waals surface area contributed by atoms with Crippen molar-refractivity contribution < 1.29 is 31.8 Å². The van der Waals surface area contributed by atoms with Gasteiger partial charge in [-0.25, -0.2) is 8.42 Å². The zero-order valence-corrected chi connectivity index (χ0v) is 18.3. The number of anilines is 2. The van der Waals surface area contributed by atoms with E-state index in [0.29, 0.717) is 5.69 Å². The molecule has 1 aromatic heterocycles. The van der Waals surface area contributed by atoms with E-state index >= 15 is 0 Å². The van der Waals surface area contributed by atoms with Gasteiger partial charge in [-0.3, -0.25) is 0 Å². The Morgan fingerprint density at radius 1 is 1.15 bits per heavy atom. The molecule has 2 aromatic rings. The van der Waals surface area contributed by atoms with Crippen LogP contribution < -0.4 is 10.6 Å². The van der Waals surface area contributed by atoms with Gasteiger partial charge in [0.25, 0.3) is 10.0 Å². The van der Waals surface area contributed by atoms with E-state index in [1.807, 2.05) is 0 Å². The molecule has 13 heteroatoms. The number of halogens is 3. The number of nitrogens with zero attached hydrogens (tertiary/aromatic N) is 4. The molecule has 0 radical (unpaired) electrons. The summed E-state index contributed by atoms with van der Waals surface area (Å²) in [5.74, 6) is 5.74. The second kappa shape index (κ2) is 9.14. The summed E-state index contributed by atoms with van der Waals surface area (Å²) in [4.78, 5) is 1.76. The summed E-state index contributed by atoms with van der Waals surface area (Å²) in [6, 6.07) is 6.86. The van der Waals surface area contributed by atoms with E-state index in [0.717, 1.165) is 12.1 Å². The topological polar surface area (TPSA) is 133 Å². The number of benzene rings is 1. The first-order chi connectivity index (χ1) is 15.4. The van der Waals surface area contributed by atoms with Gasteiger partial charge in [-0.1, -0.05) is 18.1 Å². The maximum Gasteiger partial charge on any atom is 0.423 e. The highest BCUT2D eigenvalue weighted by atomic mass is 32.2. The third kappa shape index (κ3) is 4.74. The molecule has 1 aliphatic rings. The number of rotatable bonds is 5. The van der Waals surface area contributed by atoms with Crippen LogP contribution in [0.4, 0.5) is 24.7 Å². The lowest BCUT2D eigenvalue weighted by atomic mass is 9.93. The van der Waals surface area contributed by atoms with E-state index in [9.17, 15) is 26.7 Å². The van der Waals surface area contributed by atoms with Crippen molar-refractivity contribution in [1.29, 1.82) is 0 Å². The number of alkyl halides is 3. The molecule has 0 aliphatic carbocycles. The molecular weight excluding hydrogens is 463 g/mol. The van der Waals surface area contributed by atoms with E-state index in [1.54, 1.807) is 11.8 Å². The van der Waals surface area contributed by atoms with Crippen molar-refractivity contribution in [3.8, 4) is 11.8 Å². The first-order valence-corrected chi connectivity index (χ1v) is 11.2. The molecule has 0 saturated carbocycles. The Kier molecular flexibility index (Phi) is 6.85. The van der Waals surface area contributed by atoms with E-state index < -0.39 is 40.0 Å². The summed E-state index contributed by atoms with van der Waals surface area (Å²) in [7, 11) is -3.96. The van der Waals surface area contributed by atoms with Gasteiger partial charge in [0.05, 0.1) is 6.61 Å². The third-order valence-corrected chi connectivity index (χ3v) is 7.05. The van der Waals surface area contributed by atoms with Crippen molar-refractivity contribution >= 4 is 21.5 Å². The van der Waals surface area contributed by atoms with Gasteiger partial charge in [-0.15, -0.1) is 16.1 Å². The normalized spacial score (nSPS) is 19.5. The molecular formula is C20H22F3N5O4S. The lowest BCUT2D eigenvalue weighted by molar-refractivity contribution is -0.277. The zero-order chi connectivity index (χ0) is 24.4. The standard InChI is InChI=1S/C20H22F3N5O4S/c1-2-3-16-12-27(33(31,32)18-9-8-17(24)25-26-18)10-11-28(16)15-6-4-14(5-7-15)19(30,13-29)20(21,22)23/h4-9,16,29-30H,10-13H2,1H3,(H2,24,25). The molecule has 2 heterocycles. The average Bonchev–Trinajstić information content (AvgIpc) is 2.78. The Hall–Kier alpha value is -2.92. The number of aromatic nitrogens is 2. The molecule has 3 rings (SSSR count). The molecule has 1 aliphatic heterocycles. The molecule has 2 atom stereocenters. The van der Waals surface area contributed by atoms with Crippen LogP contribution in [0.15, 0.2) is 41.4 Å². The lowest BCUT2D eigenvalue weighted by Gasteiger charge is -2.40. The van der Waals surface area contributed by atoms with Gasteiger partial charge >= 0.3 is 6.18 Å². The van der Waals surface area contributed by atoms with Crippen molar-refractivity contribution in [3.63, 3.8) is 0 Å². The Balaban J connectivity index is 1.86. The van der Waals surface area contributed by atoms with Gasteiger partial charge in [-0.2, -0.15) is 17.5 Å². The van der Waals surface area contributed by atoms with E-state index in [1.165, 1.54) is 28.6 Å². The minimum atomic E-state index is -5.07. The molecule has 1 fully saturated rings. The van der Waals surface area contributed by atoms with Crippen LogP contribution in [0, 0.1) is 11.8 Å². The molecule has 0 amide bonds. The Morgan fingerprint density at radius 2 is 1.82 bits per heavy atom. The minimum absolute atomic E-state index is 0.0138. The zero-order valence-electron chi connectivity index (χ0n) is 17.5. The Morgan fingerprint density at radius 3 is 2.33 bits per heavy atom. The monoisotopic (exact) mass is 485 g/mol. The quantitative estimate of drug-likeness (QED) is 0.528. The second-order valence-corrected chi connectivity index (χ2v) is 9.21. The van der Waals surface area contributed by atoms with Crippen LogP contribution in [0.1, 0.15) is 12.5 Å². The van der Waals surface area contributed by atoms with Gasteiger partial charge < -0.3 is 20.8 Å². The highest BCUT2D eigenvalue weighted by Crippen LogP contribution is 2.39. The largest absolute Gasteiger partial charge is 0.423 e. The van der Waals surface area contributed by atoms with Crippen LogP contribution in [0.2, 0.25) is 0 Å². The smallest absolute Gasteiger partial charge is 0.393 e. The number of sulfonamides is 1. The predicted molar refractivity (Wildman–Crippen MR) is 113 cm³/mol. The molecule has 178 valence electrons. The minimum Gasteiger partial charge on any atom is -0.393 e. The van der Waals surface area contributed by atoms with Crippen molar-refractivity contribution in [2.75, 3.05) is 36.9 Å². The Labute approximate surface area is 188 Å². The summed E-state index contributed by atoms with van der Waals surface area (Å²) in [6.07, 6.45) is -5.07. The summed E-state index contributed by atoms with van der Waals surface area (Å²) in [5, 5.41) is 26.0. The fourth-order valence-electron chi connectivity index (χ4n) is 3.45. The van der Waals surface area contributed by atoms with E-state index in [-0.39, 0.29) is 30.5 Å². The highest BCUT2D eigenvalue weighted by Gasteiger charge is 2.54. The summed E-state index contributed by atoms with van der Waals surface area (Å²) in [5.41, 5.74) is 2.05. The maximum atomic E-state index is 13.2. The van der Waals surface area contributed by atoms with E-state index in [2.05, 4.69) is 22.0 Å². The summed E-state index contributed by atoms with van der Waals surface area (Å²) < 4.78 is 66.7. The first kappa shape index (κ1) is 24.7. The number of aliphatic hydroxyl groups excluding tert-OH is 1. The van der Waals surface area contributed by atoms with Crippen LogP contribution in [0.25, 0.3) is 0 Å². The molecule has 2 unspecified atom stereocenters. The number of piperazine rings is 1. The number of aliphatic hydroxyl groups is 2.